The van der Waals surface area contributed by atoms with Crippen LogP contribution < -0.4 is 14.4 Å². The molecule has 0 aliphatic heterocycles. The molecule has 0 bridgehead atoms. The van der Waals surface area contributed by atoms with E-state index in [4.69, 9.17) is 9.47 Å². The molecule has 0 saturated carbocycles. The van der Waals surface area contributed by atoms with Crippen molar-refractivity contribution in [3.05, 3.63) is 78.4 Å². The van der Waals surface area contributed by atoms with Gasteiger partial charge in [0.15, 0.2) is 15.0 Å². The number of rotatable bonds is 9. The number of aromatic nitrogens is 1. The molecule has 4 rings (SSSR count). The summed E-state index contributed by atoms with van der Waals surface area (Å²) in [5.41, 5.74) is 1.49. The average molecular weight is 497 g/mol. The Morgan fingerprint density at radius 3 is 2.18 bits per heavy atom. The van der Waals surface area contributed by atoms with Crippen LogP contribution in [0.5, 0.6) is 11.5 Å². The Bertz CT molecular complexity index is 1350. The van der Waals surface area contributed by atoms with Gasteiger partial charge in [0.2, 0.25) is 5.91 Å². The number of thiazole rings is 1. The summed E-state index contributed by atoms with van der Waals surface area (Å²) >= 11 is 1.30. The SMILES string of the molecule is COc1ccc(OC)c2sc(N(Cc3ccccc3)C(=O)CCS(=O)(=O)c3ccccc3)nc12. The van der Waals surface area contributed by atoms with Gasteiger partial charge >= 0.3 is 0 Å². The van der Waals surface area contributed by atoms with Crippen molar-refractivity contribution >= 4 is 42.4 Å². The number of amides is 1. The summed E-state index contributed by atoms with van der Waals surface area (Å²) in [7, 11) is -0.466. The van der Waals surface area contributed by atoms with E-state index in [1.54, 1.807) is 44.6 Å². The Morgan fingerprint density at radius 2 is 1.53 bits per heavy atom. The number of nitrogens with zero attached hydrogens (tertiary/aromatic N) is 2. The van der Waals surface area contributed by atoms with E-state index >= 15 is 0 Å². The van der Waals surface area contributed by atoms with Crippen LogP contribution in [-0.2, 0) is 21.2 Å². The number of carbonyl (C=O) groups is 1. The van der Waals surface area contributed by atoms with E-state index in [1.807, 2.05) is 30.3 Å². The van der Waals surface area contributed by atoms with E-state index in [-0.39, 0.29) is 29.5 Å². The van der Waals surface area contributed by atoms with Crippen LogP contribution in [0.3, 0.4) is 0 Å². The third-order valence-corrected chi connectivity index (χ3v) is 8.13. The first-order chi connectivity index (χ1) is 16.4. The summed E-state index contributed by atoms with van der Waals surface area (Å²) in [6.45, 7) is 0.259. The van der Waals surface area contributed by atoms with E-state index in [0.29, 0.717) is 22.1 Å². The normalized spacial score (nSPS) is 11.4. The van der Waals surface area contributed by atoms with Gasteiger partial charge in [0.05, 0.1) is 31.4 Å². The molecule has 34 heavy (non-hydrogen) atoms. The molecule has 1 aromatic heterocycles. The summed E-state index contributed by atoms with van der Waals surface area (Å²) in [6, 6.07) is 21.2. The highest BCUT2D eigenvalue weighted by atomic mass is 32.2. The molecule has 0 radical (unpaired) electrons. The molecule has 0 atom stereocenters. The predicted molar refractivity (Wildman–Crippen MR) is 133 cm³/mol. The van der Waals surface area contributed by atoms with E-state index < -0.39 is 9.84 Å². The van der Waals surface area contributed by atoms with Gasteiger partial charge in [0.25, 0.3) is 0 Å². The molecule has 0 N–H and O–H groups in total. The molecule has 0 fully saturated rings. The van der Waals surface area contributed by atoms with Gasteiger partial charge < -0.3 is 9.47 Å². The van der Waals surface area contributed by atoms with Crippen molar-refractivity contribution in [2.75, 3.05) is 24.9 Å². The lowest BCUT2D eigenvalue weighted by atomic mass is 10.2. The molecule has 3 aromatic carbocycles. The van der Waals surface area contributed by atoms with E-state index in [0.717, 1.165) is 10.3 Å². The summed E-state index contributed by atoms with van der Waals surface area (Å²) in [5, 5.41) is 0.448. The maximum atomic E-state index is 13.4. The molecule has 7 nitrogen and oxygen atoms in total. The lowest BCUT2D eigenvalue weighted by Gasteiger charge is -2.20. The van der Waals surface area contributed by atoms with Crippen LogP contribution in [0.4, 0.5) is 5.13 Å². The van der Waals surface area contributed by atoms with Gasteiger partial charge in [-0.3, -0.25) is 9.69 Å². The molecule has 1 amide bonds. The van der Waals surface area contributed by atoms with Crippen molar-refractivity contribution < 1.29 is 22.7 Å². The van der Waals surface area contributed by atoms with Crippen molar-refractivity contribution in [1.82, 2.24) is 4.98 Å². The Morgan fingerprint density at radius 1 is 0.912 bits per heavy atom. The van der Waals surface area contributed by atoms with Crippen molar-refractivity contribution in [2.45, 2.75) is 17.9 Å². The first kappa shape index (κ1) is 23.7. The Labute approximate surface area is 202 Å². The van der Waals surface area contributed by atoms with Crippen molar-refractivity contribution in [3.8, 4) is 11.5 Å². The number of hydrogen-bond donors (Lipinski definition) is 0. The fourth-order valence-corrected chi connectivity index (χ4v) is 5.86. The van der Waals surface area contributed by atoms with Gasteiger partial charge in [0.1, 0.15) is 21.7 Å². The van der Waals surface area contributed by atoms with Crippen LogP contribution in [0.15, 0.2) is 77.7 Å². The molecule has 0 aliphatic rings. The minimum atomic E-state index is -3.59. The maximum Gasteiger partial charge on any atom is 0.230 e. The minimum absolute atomic E-state index is 0.172. The van der Waals surface area contributed by atoms with Gasteiger partial charge in [-0.2, -0.15) is 0 Å². The molecule has 0 saturated heterocycles. The topological polar surface area (TPSA) is 85.8 Å². The third kappa shape index (κ3) is 5.05. The second-order valence-corrected chi connectivity index (χ2v) is 10.6. The lowest BCUT2D eigenvalue weighted by Crippen LogP contribution is -2.31. The fraction of sp³-hybridized carbons (Fsp3) is 0.200. The average Bonchev–Trinajstić information content (AvgIpc) is 3.31. The zero-order chi connectivity index (χ0) is 24.1. The molecule has 0 unspecified atom stereocenters. The smallest absolute Gasteiger partial charge is 0.230 e. The van der Waals surface area contributed by atoms with Crippen molar-refractivity contribution in [2.24, 2.45) is 0 Å². The number of fused-ring (bicyclic) bond motifs is 1. The van der Waals surface area contributed by atoms with Crippen LogP contribution in [-0.4, -0.2) is 39.3 Å². The minimum Gasteiger partial charge on any atom is -0.495 e. The van der Waals surface area contributed by atoms with Gasteiger partial charge in [-0.15, -0.1) is 0 Å². The first-order valence-electron chi connectivity index (χ1n) is 10.6. The van der Waals surface area contributed by atoms with Crippen molar-refractivity contribution in [3.63, 3.8) is 0 Å². The molecular weight excluding hydrogens is 472 g/mol. The Balaban J connectivity index is 1.68. The van der Waals surface area contributed by atoms with E-state index in [2.05, 4.69) is 4.98 Å². The zero-order valence-corrected chi connectivity index (χ0v) is 20.4. The molecule has 4 aromatic rings. The zero-order valence-electron chi connectivity index (χ0n) is 18.8. The maximum absolute atomic E-state index is 13.4. The summed E-state index contributed by atoms with van der Waals surface area (Å²) in [5.74, 6) is 0.564. The third-order valence-electron chi connectivity index (χ3n) is 5.30. The second kappa shape index (κ2) is 10.2. The summed E-state index contributed by atoms with van der Waals surface area (Å²) in [4.78, 5) is 19.8. The molecule has 0 aliphatic carbocycles. The van der Waals surface area contributed by atoms with Gasteiger partial charge in [-0.05, 0) is 29.8 Å². The number of methoxy groups -OCH3 is 2. The van der Waals surface area contributed by atoms with Gasteiger partial charge in [-0.25, -0.2) is 13.4 Å². The second-order valence-electron chi connectivity index (χ2n) is 7.49. The van der Waals surface area contributed by atoms with E-state index in [9.17, 15) is 13.2 Å². The first-order valence-corrected chi connectivity index (χ1v) is 13.0. The monoisotopic (exact) mass is 496 g/mol. The van der Waals surface area contributed by atoms with Gasteiger partial charge in [-0.1, -0.05) is 59.9 Å². The Hall–Kier alpha value is -3.43. The van der Waals surface area contributed by atoms with Crippen LogP contribution in [0.1, 0.15) is 12.0 Å². The predicted octanol–water partition coefficient (Wildman–Crippen LogP) is 4.71. The number of sulfone groups is 1. The van der Waals surface area contributed by atoms with Crippen molar-refractivity contribution in [1.29, 1.82) is 0 Å². The highest BCUT2D eigenvalue weighted by Gasteiger charge is 2.25. The standard InChI is InChI=1S/C25H24N2O5S2/c1-31-20-13-14-21(32-2)24-23(20)26-25(33-24)27(17-18-9-5-3-6-10-18)22(28)15-16-34(29,30)19-11-7-4-8-12-19/h3-14H,15-17H2,1-2H3. The highest BCUT2D eigenvalue weighted by molar-refractivity contribution is 7.91. The number of ether oxygens (including phenoxy) is 2. The van der Waals surface area contributed by atoms with Crippen LogP contribution in [0.2, 0.25) is 0 Å². The molecule has 9 heteroatoms. The quantitative estimate of drug-likeness (QED) is 0.334. The molecule has 176 valence electrons. The number of benzene rings is 3. The van der Waals surface area contributed by atoms with E-state index in [1.165, 1.54) is 28.4 Å². The number of anilines is 1. The number of hydrogen-bond acceptors (Lipinski definition) is 7. The van der Waals surface area contributed by atoms with Gasteiger partial charge in [0, 0.05) is 6.42 Å². The van der Waals surface area contributed by atoms with Crippen LogP contribution >= 0.6 is 11.3 Å². The Kier molecular flexibility index (Phi) is 7.14. The van der Waals surface area contributed by atoms with Crippen LogP contribution in [0, 0.1) is 0 Å². The fourth-order valence-electron chi connectivity index (χ4n) is 3.52. The van der Waals surface area contributed by atoms with Crippen LogP contribution in [0.25, 0.3) is 10.2 Å². The highest BCUT2D eigenvalue weighted by Crippen LogP contribution is 2.40. The molecular formula is C25H24N2O5S2. The largest absolute Gasteiger partial charge is 0.495 e. The lowest BCUT2D eigenvalue weighted by molar-refractivity contribution is -0.118. The molecule has 0 spiro atoms. The number of carbonyl (C=O) groups excluding carboxylic acids is 1. The molecule has 1 heterocycles. The summed E-state index contributed by atoms with van der Waals surface area (Å²) in [6.07, 6.45) is -0.172. The summed E-state index contributed by atoms with van der Waals surface area (Å²) < 4.78 is 37.2.